The van der Waals surface area contributed by atoms with Crippen LogP contribution in [0.25, 0.3) is 0 Å². The van der Waals surface area contributed by atoms with E-state index in [2.05, 4.69) is 13.8 Å². The van der Waals surface area contributed by atoms with E-state index in [-0.39, 0.29) is 5.91 Å². The quantitative estimate of drug-likeness (QED) is 0.391. The first-order valence-corrected chi connectivity index (χ1v) is 8.91. The Labute approximate surface area is 126 Å². The second-order valence-electron chi connectivity index (χ2n) is 6.64. The highest BCUT2D eigenvalue weighted by Gasteiger charge is 1.96. The van der Waals surface area contributed by atoms with Crippen LogP contribution < -0.4 is 5.73 Å². The topological polar surface area (TPSA) is 43.1 Å². The second-order valence-corrected chi connectivity index (χ2v) is 6.64. The minimum Gasteiger partial charge on any atom is -0.370 e. The summed E-state index contributed by atoms with van der Waals surface area (Å²) in [6.45, 7) is 4.63. The lowest BCUT2D eigenvalue weighted by Crippen LogP contribution is -2.09. The third-order valence-corrected chi connectivity index (χ3v) is 3.95. The summed E-state index contributed by atoms with van der Waals surface area (Å²) < 4.78 is 0. The molecule has 20 heavy (non-hydrogen) atoms. The van der Waals surface area contributed by atoms with Crippen molar-refractivity contribution in [3.63, 3.8) is 0 Å². The highest BCUT2D eigenvalue weighted by molar-refractivity contribution is 5.73. The first-order valence-electron chi connectivity index (χ1n) is 8.91. The van der Waals surface area contributed by atoms with Crippen LogP contribution in [0.4, 0.5) is 0 Å². The van der Waals surface area contributed by atoms with Gasteiger partial charge in [0.05, 0.1) is 0 Å². The molecule has 0 spiro atoms. The molecule has 0 fully saturated rings. The number of hydrogen-bond acceptors (Lipinski definition) is 1. The smallest absolute Gasteiger partial charge is 0.217 e. The van der Waals surface area contributed by atoms with E-state index >= 15 is 0 Å². The van der Waals surface area contributed by atoms with Crippen LogP contribution >= 0.6 is 0 Å². The van der Waals surface area contributed by atoms with E-state index < -0.39 is 0 Å². The average molecular weight is 283 g/mol. The SMILES string of the molecule is CC(C)CCCCCCCCCCCCCCC(N)=O. The van der Waals surface area contributed by atoms with Crippen molar-refractivity contribution < 1.29 is 4.79 Å². The van der Waals surface area contributed by atoms with Crippen LogP contribution in [-0.4, -0.2) is 5.91 Å². The Hall–Kier alpha value is -0.530. The number of unbranched alkanes of at least 4 members (excludes halogenated alkanes) is 11. The Morgan fingerprint density at radius 2 is 1.05 bits per heavy atom. The van der Waals surface area contributed by atoms with Gasteiger partial charge in [0.1, 0.15) is 0 Å². The van der Waals surface area contributed by atoms with Crippen molar-refractivity contribution in [3.8, 4) is 0 Å². The highest BCUT2D eigenvalue weighted by atomic mass is 16.1. The number of nitrogens with two attached hydrogens (primary N) is 1. The molecule has 0 saturated heterocycles. The maximum atomic E-state index is 10.6. The highest BCUT2D eigenvalue weighted by Crippen LogP contribution is 2.14. The van der Waals surface area contributed by atoms with Gasteiger partial charge in [-0.15, -0.1) is 0 Å². The Kier molecular flexibility index (Phi) is 14.5. The molecule has 1 amide bonds. The summed E-state index contributed by atoms with van der Waals surface area (Å²) in [6, 6.07) is 0. The van der Waals surface area contributed by atoms with Crippen molar-refractivity contribution in [1.29, 1.82) is 0 Å². The van der Waals surface area contributed by atoms with E-state index in [1.807, 2.05) is 0 Å². The fourth-order valence-electron chi connectivity index (χ4n) is 2.62. The number of carbonyl (C=O) groups is 1. The van der Waals surface area contributed by atoms with Crippen molar-refractivity contribution in [2.45, 2.75) is 104 Å². The fourth-order valence-corrected chi connectivity index (χ4v) is 2.62. The minimum absolute atomic E-state index is 0.154. The van der Waals surface area contributed by atoms with Crippen molar-refractivity contribution >= 4 is 5.91 Å². The van der Waals surface area contributed by atoms with Gasteiger partial charge in [-0.2, -0.15) is 0 Å². The first kappa shape index (κ1) is 19.5. The zero-order valence-corrected chi connectivity index (χ0v) is 14.0. The zero-order valence-electron chi connectivity index (χ0n) is 14.0. The molecule has 0 unspecified atom stereocenters. The van der Waals surface area contributed by atoms with Crippen molar-refractivity contribution in [1.82, 2.24) is 0 Å². The van der Waals surface area contributed by atoms with Crippen molar-refractivity contribution in [3.05, 3.63) is 0 Å². The van der Waals surface area contributed by atoms with Crippen LogP contribution in [0.3, 0.4) is 0 Å². The van der Waals surface area contributed by atoms with E-state index in [0.717, 1.165) is 12.3 Å². The van der Waals surface area contributed by atoms with Crippen molar-refractivity contribution in [2.75, 3.05) is 0 Å². The lowest BCUT2D eigenvalue weighted by Gasteiger charge is -2.04. The third-order valence-electron chi connectivity index (χ3n) is 3.95. The van der Waals surface area contributed by atoms with Crippen LogP contribution in [0.5, 0.6) is 0 Å². The largest absolute Gasteiger partial charge is 0.370 e. The van der Waals surface area contributed by atoms with Gasteiger partial charge >= 0.3 is 0 Å². The number of carbonyl (C=O) groups excluding carboxylic acids is 1. The molecule has 120 valence electrons. The summed E-state index contributed by atoms with van der Waals surface area (Å²) in [5.41, 5.74) is 5.11. The Balaban J connectivity index is 2.97. The molecule has 2 nitrogen and oxygen atoms in total. The van der Waals surface area contributed by atoms with Crippen molar-refractivity contribution in [2.24, 2.45) is 11.7 Å². The van der Waals surface area contributed by atoms with E-state index in [0.29, 0.717) is 6.42 Å². The predicted octanol–water partition coefficient (Wildman–Crippen LogP) is 5.59. The maximum absolute atomic E-state index is 10.6. The first-order chi connectivity index (χ1) is 9.63. The molecule has 2 heteroatoms. The molecule has 0 radical (unpaired) electrons. The van der Waals surface area contributed by atoms with Crippen LogP contribution in [-0.2, 0) is 4.79 Å². The van der Waals surface area contributed by atoms with Gasteiger partial charge in [-0.25, -0.2) is 0 Å². The molecular weight excluding hydrogens is 246 g/mol. The molecule has 0 aliphatic rings. The standard InChI is InChI=1S/C18H37NO/c1-17(2)15-13-11-9-7-5-3-4-6-8-10-12-14-16-18(19)20/h17H,3-16H2,1-2H3,(H2,19,20). The van der Waals surface area contributed by atoms with Crippen LogP contribution in [0.2, 0.25) is 0 Å². The Morgan fingerprint density at radius 3 is 1.40 bits per heavy atom. The van der Waals surface area contributed by atoms with E-state index in [9.17, 15) is 4.79 Å². The summed E-state index contributed by atoms with van der Waals surface area (Å²) >= 11 is 0. The lowest BCUT2D eigenvalue weighted by molar-refractivity contribution is -0.118. The lowest BCUT2D eigenvalue weighted by atomic mass is 10.0. The van der Waals surface area contributed by atoms with Gasteiger partial charge in [0, 0.05) is 6.42 Å². The summed E-state index contributed by atoms with van der Waals surface area (Å²) in [4.78, 5) is 10.6. The van der Waals surface area contributed by atoms with Gasteiger partial charge < -0.3 is 5.73 Å². The van der Waals surface area contributed by atoms with E-state index in [1.54, 1.807) is 0 Å². The molecule has 0 atom stereocenters. The van der Waals surface area contributed by atoms with Crippen LogP contribution in [0.15, 0.2) is 0 Å². The summed E-state index contributed by atoms with van der Waals surface area (Å²) in [7, 11) is 0. The van der Waals surface area contributed by atoms with Gasteiger partial charge in [0.2, 0.25) is 5.91 Å². The second kappa shape index (κ2) is 14.9. The van der Waals surface area contributed by atoms with E-state index in [4.69, 9.17) is 5.73 Å². The molecular formula is C18H37NO. The fraction of sp³-hybridized carbons (Fsp3) is 0.944. The van der Waals surface area contributed by atoms with E-state index in [1.165, 1.54) is 77.0 Å². The number of hydrogen-bond donors (Lipinski definition) is 1. The normalized spacial score (nSPS) is 11.2. The molecule has 0 rings (SSSR count). The van der Waals surface area contributed by atoms with Gasteiger partial charge in [-0.1, -0.05) is 90.9 Å². The predicted molar refractivity (Wildman–Crippen MR) is 88.7 cm³/mol. The Bertz CT molecular complexity index is 213. The molecule has 2 N–H and O–H groups in total. The summed E-state index contributed by atoms with van der Waals surface area (Å²) in [6.07, 6.45) is 18.0. The van der Waals surface area contributed by atoms with Crippen LogP contribution in [0.1, 0.15) is 104 Å². The van der Waals surface area contributed by atoms with Crippen LogP contribution in [0, 0.1) is 5.92 Å². The molecule has 0 bridgehead atoms. The summed E-state index contributed by atoms with van der Waals surface area (Å²) in [5, 5.41) is 0. The molecule has 0 heterocycles. The number of rotatable bonds is 15. The summed E-state index contributed by atoms with van der Waals surface area (Å²) in [5.74, 6) is 0.719. The Morgan fingerprint density at radius 1 is 0.700 bits per heavy atom. The molecule has 0 aromatic rings. The maximum Gasteiger partial charge on any atom is 0.217 e. The molecule has 0 aliphatic carbocycles. The minimum atomic E-state index is -0.154. The number of primary amides is 1. The van der Waals surface area contributed by atoms with Gasteiger partial charge in [-0.05, 0) is 12.3 Å². The molecule has 0 aromatic heterocycles. The molecule has 0 aliphatic heterocycles. The molecule has 0 aromatic carbocycles. The van der Waals surface area contributed by atoms with Gasteiger partial charge in [0.25, 0.3) is 0 Å². The third kappa shape index (κ3) is 17.5. The molecule has 0 saturated carbocycles. The average Bonchev–Trinajstić information content (AvgIpc) is 2.38. The zero-order chi connectivity index (χ0) is 15.1. The number of amides is 1. The van der Waals surface area contributed by atoms with Gasteiger partial charge in [0.15, 0.2) is 0 Å². The van der Waals surface area contributed by atoms with Gasteiger partial charge in [-0.3, -0.25) is 4.79 Å². The monoisotopic (exact) mass is 283 g/mol.